The molecule has 2 rings (SSSR count). The van der Waals surface area contributed by atoms with Gasteiger partial charge in [0.25, 0.3) is 0 Å². The Morgan fingerprint density at radius 2 is 2.03 bits per heavy atom. The van der Waals surface area contributed by atoms with E-state index in [9.17, 15) is 13.6 Å². The van der Waals surface area contributed by atoms with Crippen LogP contribution in [-0.2, 0) is 17.8 Å². The number of aryl methyl sites for hydroxylation is 1. The fourth-order valence-corrected chi connectivity index (χ4v) is 2.80. The summed E-state index contributed by atoms with van der Waals surface area (Å²) in [4.78, 5) is 16.1. The number of nitrogens with zero attached hydrogens (tertiary/aromatic N) is 1. The molecule has 31 heavy (non-hydrogen) atoms. The van der Waals surface area contributed by atoms with Crippen molar-refractivity contribution < 1.29 is 32.2 Å². The van der Waals surface area contributed by atoms with Crippen molar-refractivity contribution in [3.05, 3.63) is 46.9 Å². The Morgan fingerprint density at radius 1 is 1.26 bits per heavy atom. The number of aliphatic imine (C=N–C) groups is 1. The molecule has 0 fully saturated rings. The second kappa shape index (κ2) is 11.8. The van der Waals surface area contributed by atoms with Crippen LogP contribution in [0.2, 0.25) is 0 Å². The van der Waals surface area contributed by atoms with Crippen molar-refractivity contribution in [2.45, 2.75) is 40.5 Å². The molecule has 0 aliphatic heterocycles. The molecular formula is C21H27F2N3O5. The lowest BCUT2D eigenvalue weighted by Gasteiger charge is -2.15. The number of rotatable bonds is 10. The lowest BCUT2D eigenvalue weighted by molar-refractivity contribution is -0.0520. The van der Waals surface area contributed by atoms with Gasteiger partial charge in [-0.3, -0.25) is 0 Å². The summed E-state index contributed by atoms with van der Waals surface area (Å²) in [6.45, 7) is 3.55. The minimum Gasteiger partial charge on any atom is -0.490 e. The third-order valence-corrected chi connectivity index (χ3v) is 4.12. The third-order valence-electron chi connectivity index (χ3n) is 4.12. The van der Waals surface area contributed by atoms with E-state index in [0.29, 0.717) is 41.8 Å². The maximum atomic E-state index is 12.9. The summed E-state index contributed by atoms with van der Waals surface area (Å²) < 4.78 is 46.1. The van der Waals surface area contributed by atoms with Gasteiger partial charge in [0.05, 0.1) is 26.8 Å². The molecule has 0 amide bonds. The van der Waals surface area contributed by atoms with Crippen molar-refractivity contribution in [3.8, 4) is 11.5 Å². The van der Waals surface area contributed by atoms with E-state index in [1.807, 2.05) is 6.92 Å². The maximum Gasteiger partial charge on any atom is 0.387 e. The fourth-order valence-electron chi connectivity index (χ4n) is 2.80. The highest BCUT2D eigenvalue weighted by molar-refractivity contribution is 5.90. The predicted octanol–water partition coefficient (Wildman–Crippen LogP) is 3.63. The van der Waals surface area contributed by atoms with Gasteiger partial charge < -0.3 is 29.3 Å². The number of alkyl halides is 2. The van der Waals surface area contributed by atoms with Gasteiger partial charge in [-0.2, -0.15) is 8.78 Å². The van der Waals surface area contributed by atoms with E-state index in [4.69, 9.17) is 13.9 Å². The van der Waals surface area contributed by atoms with Crippen molar-refractivity contribution >= 4 is 11.9 Å². The lowest BCUT2D eigenvalue weighted by Crippen LogP contribution is -2.36. The van der Waals surface area contributed by atoms with Gasteiger partial charge in [-0.1, -0.05) is 12.1 Å². The van der Waals surface area contributed by atoms with Crippen molar-refractivity contribution in [2.24, 2.45) is 4.99 Å². The van der Waals surface area contributed by atoms with Crippen molar-refractivity contribution in [1.29, 1.82) is 0 Å². The smallest absolute Gasteiger partial charge is 0.387 e. The summed E-state index contributed by atoms with van der Waals surface area (Å²) >= 11 is 0. The molecular weight excluding hydrogens is 412 g/mol. The van der Waals surface area contributed by atoms with Crippen LogP contribution >= 0.6 is 0 Å². The van der Waals surface area contributed by atoms with E-state index in [-0.39, 0.29) is 24.6 Å². The molecule has 0 spiro atoms. The van der Waals surface area contributed by atoms with Gasteiger partial charge in [-0.05, 0) is 32.9 Å². The molecule has 1 aromatic heterocycles. The lowest BCUT2D eigenvalue weighted by atomic mass is 10.2. The first-order chi connectivity index (χ1) is 14.9. The molecule has 0 bridgehead atoms. The molecule has 0 unspecified atom stereocenters. The van der Waals surface area contributed by atoms with Crippen LogP contribution in [0.3, 0.4) is 0 Å². The van der Waals surface area contributed by atoms with Crippen molar-refractivity contribution in [3.63, 3.8) is 0 Å². The fraction of sp³-hybridized carbons (Fsp3) is 0.429. The van der Waals surface area contributed by atoms with Crippen molar-refractivity contribution in [1.82, 2.24) is 10.6 Å². The summed E-state index contributed by atoms with van der Waals surface area (Å²) in [5, 5.41) is 6.14. The Labute approximate surface area is 179 Å². The van der Waals surface area contributed by atoms with Crippen LogP contribution in [-0.4, -0.2) is 38.8 Å². The van der Waals surface area contributed by atoms with Gasteiger partial charge in [0.2, 0.25) is 0 Å². The van der Waals surface area contributed by atoms with Gasteiger partial charge in [0.1, 0.15) is 17.1 Å². The number of guanidine groups is 1. The molecule has 8 nitrogen and oxygen atoms in total. The maximum absolute atomic E-state index is 12.9. The first-order valence-corrected chi connectivity index (χ1v) is 9.78. The summed E-state index contributed by atoms with van der Waals surface area (Å²) in [5.74, 6) is 1.11. The summed E-state index contributed by atoms with van der Waals surface area (Å²) in [7, 11) is 1.30. The van der Waals surface area contributed by atoms with Crippen LogP contribution in [0.4, 0.5) is 8.78 Å². The molecule has 0 saturated carbocycles. The van der Waals surface area contributed by atoms with E-state index < -0.39 is 12.6 Å². The molecule has 0 radical (unpaired) electrons. The van der Waals surface area contributed by atoms with Crippen LogP contribution < -0.4 is 20.1 Å². The molecule has 0 aliphatic carbocycles. The number of halogens is 2. The number of carbonyl (C=O) groups is 1. The topological polar surface area (TPSA) is 94.3 Å². The van der Waals surface area contributed by atoms with Gasteiger partial charge in [-0.15, -0.1) is 0 Å². The van der Waals surface area contributed by atoms with Crippen LogP contribution in [0.5, 0.6) is 11.5 Å². The van der Waals surface area contributed by atoms with Gasteiger partial charge in [0, 0.05) is 12.1 Å². The average Bonchev–Trinajstić information content (AvgIpc) is 3.11. The molecule has 2 aromatic rings. The minimum atomic E-state index is -2.98. The van der Waals surface area contributed by atoms with Gasteiger partial charge in [-0.25, -0.2) is 9.79 Å². The number of furan rings is 1. The number of para-hydroxylation sites is 1. The molecule has 0 saturated heterocycles. The molecule has 1 aromatic carbocycles. The van der Waals surface area contributed by atoms with E-state index in [1.54, 1.807) is 38.1 Å². The Balaban J connectivity index is 2.16. The molecule has 1 heterocycles. The van der Waals surface area contributed by atoms with Gasteiger partial charge in [0.15, 0.2) is 17.5 Å². The number of carbonyl (C=O) groups excluding carboxylic acids is 1. The van der Waals surface area contributed by atoms with E-state index >= 15 is 0 Å². The second-order valence-corrected chi connectivity index (χ2v) is 6.28. The second-order valence-electron chi connectivity index (χ2n) is 6.28. The predicted molar refractivity (Wildman–Crippen MR) is 111 cm³/mol. The minimum absolute atomic E-state index is 0.0386. The Morgan fingerprint density at radius 3 is 2.68 bits per heavy atom. The van der Waals surface area contributed by atoms with Crippen molar-refractivity contribution in [2.75, 3.05) is 20.3 Å². The molecule has 0 atom stereocenters. The van der Waals surface area contributed by atoms with E-state index in [2.05, 4.69) is 20.4 Å². The highest BCUT2D eigenvalue weighted by atomic mass is 19.3. The molecule has 2 N–H and O–H groups in total. The number of nitrogens with one attached hydrogen (secondary N) is 2. The number of benzene rings is 1. The molecule has 0 aliphatic rings. The number of esters is 1. The number of hydrogen-bond acceptors (Lipinski definition) is 6. The molecule has 10 heteroatoms. The zero-order chi connectivity index (χ0) is 22.8. The first kappa shape index (κ1) is 24.0. The van der Waals surface area contributed by atoms with E-state index in [1.165, 1.54) is 7.11 Å². The van der Waals surface area contributed by atoms with E-state index in [0.717, 1.165) is 0 Å². The highest BCUT2D eigenvalue weighted by Crippen LogP contribution is 2.33. The van der Waals surface area contributed by atoms with Crippen LogP contribution in [0, 0.1) is 6.92 Å². The third kappa shape index (κ3) is 6.87. The Kier molecular flexibility index (Phi) is 9.11. The standard InChI is InChI=1S/C21H27F2N3O5/c1-5-24-21(26-12-15-10-16(13(3)30-15)19(27)28-4)25-11-14-8-7-9-17(29-6-2)18(14)31-20(22)23/h7-10,20H,5-6,11-12H2,1-4H3,(H2,24,25,26). The van der Waals surface area contributed by atoms with Crippen LogP contribution in [0.25, 0.3) is 0 Å². The quantitative estimate of drug-likeness (QED) is 0.332. The SMILES string of the molecule is CCNC(=NCc1cccc(OCC)c1OC(F)F)NCc1cc(C(=O)OC)c(C)o1. The summed E-state index contributed by atoms with van der Waals surface area (Å²) in [6, 6.07) is 6.49. The zero-order valence-corrected chi connectivity index (χ0v) is 18.0. The van der Waals surface area contributed by atoms with Crippen LogP contribution in [0.15, 0.2) is 33.7 Å². The number of methoxy groups -OCH3 is 1. The summed E-state index contributed by atoms with van der Waals surface area (Å²) in [5.41, 5.74) is 0.799. The Hall–Kier alpha value is -3.30. The molecule has 170 valence electrons. The summed E-state index contributed by atoms with van der Waals surface area (Å²) in [6.07, 6.45) is 0. The van der Waals surface area contributed by atoms with Crippen LogP contribution in [0.1, 0.15) is 41.3 Å². The normalized spacial score (nSPS) is 11.4. The average molecular weight is 439 g/mol. The Bertz CT molecular complexity index is 899. The highest BCUT2D eigenvalue weighted by Gasteiger charge is 2.17. The van der Waals surface area contributed by atoms with Gasteiger partial charge >= 0.3 is 12.6 Å². The number of hydrogen-bond donors (Lipinski definition) is 2. The zero-order valence-electron chi connectivity index (χ0n) is 18.0. The monoisotopic (exact) mass is 439 g/mol. The number of ether oxygens (including phenoxy) is 3. The first-order valence-electron chi connectivity index (χ1n) is 9.78. The largest absolute Gasteiger partial charge is 0.490 e.